The summed E-state index contributed by atoms with van der Waals surface area (Å²) in [5.74, 6) is 0. The van der Waals surface area contributed by atoms with E-state index in [2.05, 4.69) is 21.9 Å². The molecule has 112 valence electrons. The first-order chi connectivity index (χ1) is 9.63. The number of likely N-dealkylation sites (N-methyl/N-ethyl adjacent to an activating group) is 1. The predicted molar refractivity (Wildman–Crippen MR) is 80.5 cm³/mol. The molecule has 1 fully saturated rings. The van der Waals surface area contributed by atoms with Crippen molar-refractivity contribution in [2.24, 2.45) is 0 Å². The Morgan fingerprint density at radius 2 is 2.10 bits per heavy atom. The Labute approximate surface area is 121 Å². The molecule has 0 spiro atoms. The number of benzene rings is 1. The zero-order chi connectivity index (χ0) is 14.4. The van der Waals surface area contributed by atoms with Crippen LogP contribution >= 0.6 is 0 Å². The fourth-order valence-corrected chi connectivity index (χ4v) is 2.87. The zero-order valence-electron chi connectivity index (χ0n) is 12.3. The highest BCUT2D eigenvalue weighted by Crippen LogP contribution is 2.10. The molecule has 2 atom stereocenters. The van der Waals surface area contributed by atoms with Gasteiger partial charge in [-0.1, -0.05) is 30.3 Å². The lowest BCUT2D eigenvalue weighted by atomic mass is 10.1. The summed E-state index contributed by atoms with van der Waals surface area (Å²) in [4.78, 5) is 4.30. The van der Waals surface area contributed by atoms with Gasteiger partial charge in [0.05, 0.1) is 12.2 Å². The van der Waals surface area contributed by atoms with Crippen molar-refractivity contribution in [1.82, 2.24) is 9.80 Å². The number of aliphatic hydroxyl groups excluding tert-OH is 2. The van der Waals surface area contributed by atoms with Crippen molar-refractivity contribution >= 4 is 0 Å². The van der Waals surface area contributed by atoms with Gasteiger partial charge < -0.3 is 10.2 Å². The van der Waals surface area contributed by atoms with E-state index in [0.717, 1.165) is 25.9 Å². The van der Waals surface area contributed by atoms with E-state index in [-0.39, 0.29) is 12.2 Å². The fourth-order valence-electron chi connectivity index (χ4n) is 2.87. The van der Waals surface area contributed by atoms with Crippen LogP contribution in [0, 0.1) is 0 Å². The Bertz CT molecular complexity index is 385. The first-order valence-corrected chi connectivity index (χ1v) is 7.44. The summed E-state index contributed by atoms with van der Waals surface area (Å²) < 4.78 is 0. The minimum atomic E-state index is -0.367. The monoisotopic (exact) mass is 278 g/mol. The van der Waals surface area contributed by atoms with E-state index in [9.17, 15) is 10.2 Å². The Hall–Kier alpha value is -0.940. The maximum atomic E-state index is 10.2. The van der Waals surface area contributed by atoms with Crippen molar-refractivity contribution in [1.29, 1.82) is 0 Å². The smallest absolute Gasteiger partial charge is 0.0793 e. The highest BCUT2D eigenvalue weighted by Gasteiger charge is 2.20. The Morgan fingerprint density at radius 1 is 1.35 bits per heavy atom. The standard InChI is InChI=1S/C16H26N2O2/c1-17(10-14-6-3-2-4-7-14)11-16(20)13-18-9-5-8-15(19)12-18/h2-4,6-7,15-16,19-20H,5,8-13H2,1H3. The van der Waals surface area contributed by atoms with Crippen LogP contribution in [0.15, 0.2) is 30.3 Å². The van der Waals surface area contributed by atoms with Crippen LogP contribution in [-0.4, -0.2) is 65.4 Å². The minimum absolute atomic E-state index is 0.224. The van der Waals surface area contributed by atoms with Crippen molar-refractivity contribution < 1.29 is 10.2 Å². The quantitative estimate of drug-likeness (QED) is 0.813. The lowest BCUT2D eigenvalue weighted by molar-refractivity contribution is 0.0295. The Kier molecular flexibility index (Phi) is 5.98. The molecule has 0 bridgehead atoms. The third kappa shape index (κ3) is 5.21. The predicted octanol–water partition coefficient (Wildman–Crippen LogP) is 0.936. The van der Waals surface area contributed by atoms with E-state index < -0.39 is 0 Å². The van der Waals surface area contributed by atoms with E-state index in [1.165, 1.54) is 5.56 Å². The van der Waals surface area contributed by atoms with Gasteiger partial charge in [-0.3, -0.25) is 9.80 Å². The number of nitrogens with zero attached hydrogens (tertiary/aromatic N) is 2. The van der Waals surface area contributed by atoms with Gasteiger partial charge in [0.1, 0.15) is 0 Å². The van der Waals surface area contributed by atoms with Crippen molar-refractivity contribution in [3.63, 3.8) is 0 Å². The highest BCUT2D eigenvalue weighted by atomic mass is 16.3. The average molecular weight is 278 g/mol. The van der Waals surface area contributed by atoms with Gasteiger partial charge in [-0.05, 0) is 32.0 Å². The summed E-state index contributed by atoms with van der Waals surface area (Å²) in [6.45, 7) is 3.83. The molecule has 2 unspecified atom stereocenters. The summed E-state index contributed by atoms with van der Waals surface area (Å²) in [5.41, 5.74) is 1.26. The maximum absolute atomic E-state index is 10.2. The Morgan fingerprint density at radius 3 is 2.80 bits per heavy atom. The lowest BCUT2D eigenvalue weighted by Crippen LogP contribution is -2.44. The second kappa shape index (κ2) is 7.74. The molecule has 1 aliphatic rings. The van der Waals surface area contributed by atoms with Crippen LogP contribution in [-0.2, 0) is 6.54 Å². The Balaban J connectivity index is 1.72. The lowest BCUT2D eigenvalue weighted by Gasteiger charge is -2.32. The molecule has 0 aromatic heterocycles. The third-order valence-corrected chi connectivity index (χ3v) is 3.77. The second-order valence-corrected chi connectivity index (χ2v) is 5.89. The number of piperidine rings is 1. The SMILES string of the molecule is CN(Cc1ccccc1)CC(O)CN1CCCC(O)C1. The molecule has 1 heterocycles. The third-order valence-electron chi connectivity index (χ3n) is 3.77. The van der Waals surface area contributed by atoms with Crippen molar-refractivity contribution in [2.45, 2.75) is 31.6 Å². The number of hydrogen-bond acceptors (Lipinski definition) is 4. The summed E-state index contributed by atoms with van der Waals surface area (Å²) in [5, 5.41) is 19.8. The second-order valence-electron chi connectivity index (χ2n) is 5.89. The van der Waals surface area contributed by atoms with Gasteiger partial charge in [0, 0.05) is 26.2 Å². The van der Waals surface area contributed by atoms with Crippen LogP contribution in [0.2, 0.25) is 0 Å². The molecule has 2 rings (SSSR count). The summed E-state index contributed by atoms with van der Waals surface area (Å²) in [6.07, 6.45) is 1.32. The van der Waals surface area contributed by atoms with E-state index in [0.29, 0.717) is 19.6 Å². The highest BCUT2D eigenvalue weighted by molar-refractivity contribution is 5.14. The minimum Gasteiger partial charge on any atom is -0.392 e. The first-order valence-electron chi connectivity index (χ1n) is 7.44. The molecule has 0 radical (unpaired) electrons. The zero-order valence-corrected chi connectivity index (χ0v) is 12.3. The van der Waals surface area contributed by atoms with Crippen molar-refractivity contribution in [3.05, 3.63) is 35.9 Å². The van der Waals surface area contributed by atoms with Gasteiger partial charge in [0.2, 0.25) is 0 Å². The van der Waals surface area contributed by atoms with Gasteiger partial charge in [-0.15, -0.1) is 0 Å². The largest absolute Gasteiger partial charge is 0.392 e. The van der Waals surface area contributed by atoms with Gasteiger partial charge in [0.25, 0.3) is 0 Å². The molecule has 1 aliphatic heterocycles. The van der Waals surface area contributed by atoms with Crippen LogP contribution in [0.3, 0.4) is 0 Å². The molecular weight excluding hydrogens is 252 g/mol. The number of aliphatic hydroxyl groups is 2. The molecule has 1 aromatic carbocycles. The molecule has 2 N–H and O–H groups in total. The number of hydrogen-bond donors (Lipinski definition) is 2. The van der Waals surface area contributed by atoms with Crippen molar-refractivity contribution in [3.8, 4) is 0 Å². The van der Waals surface area contributed by atoms with E-state index in [1.807, 2.05) is 25.2 Å². The van der Waals surface area contributed by atoms with Crippen LogP contribution in [0.1, 0.15) is 18.4 Å². The molecular formula is C16H26N2O2. The molecule has 20 heavy (non-hydrogen) atoms. The van der Waals surface area contributed by atoms with Crippen LogP contribution in [0.25, 0.3) is 0 Å². The summed E-state index contributed by atoms with van der Waals surface area (Å²) in [6, 6.07) is 10.3. The van der Waals surface area contributed by atoms with Crippen LogP contribution in [0.4, 0.5) is 0 Å². The van der Waals surface area contributed by atoms with Crippen molar-refractivity contribution in [2.75, 3.05) is 33.2 Å². The topological polar surface area (TPSA) is 46.9 Å². The van der Waals surface area contributed by atoms with E-state index >= 15 is 0 Å². The number of likely N-dealkylation sites (tertiary alicyclic amines) is 1. The molecule has 0 amide bonds. The van der Waals surface area contributed by atoms with E-state index in [1.54, 1.807) is 0 Å². The maximum Gasteiger partial charge on any atom is 0.0793 e. The molecule has 0 saturated carbocycles. The summed E-state index contributed by atoms with van der Waals surface area (Å²) in [7, 11) is 2.03. The molecule has 4 nitrogen and oxygen atoms in total. The van der Waals surface area contributed by atoms with Crippen LogP contribution < -0.4 is 0 Å². The van der Waals surface area contributed by atoms with Gasteiger partial charge >= 0.3 is 0 Å². The first kappa shape index (κ1) is 15.4. The normalized spacial score (nSPS) is 22.1. The number of β-amino-alcohol motifs (C(OH)–C–C–N with tert-alkyl or cyclic N) is 2. The molecule has 1 aromatic rings. The van der Waals surface area contributed by atoms with Gasteiger partial charge in [-0.2, -0.15) is 0 Å². The fraction of sp³-hybridized carbons (Fsp3) is 0.625. The molecule has 4 heteroatoms. The van der Waals surface area contributed by atoms with E-state index in [4.69, 9.17) is 0 Å². The van der Waals surface area contributed by atoms with Crippen LogP contribution in [0.5, 0.6) is 0 Å². The number of rotatable bonds is 6. The average Bonchev–Trinajstić information content (AvgIpc) is 2.39. The molecule has 0 aliphatic carbocycles. The van der Waals surface area contributed by atoms with Gasteiger partial charge in [-0.25, -0.2) is 0 Å². The molecule has 1 saturated heterocycles. The van der Waals surface area contributed by atoms with Gasteiger partial charge in [0.15, 0.2) is 0 Å². The summed E-state index contributed by atoms with van der Waals surface area (Å²) >= 11 is 0.